The van der Waals surface area contributed by atoms with Crippen LogP contribution in [-0.2, 0) is 0 Å². The highest BCUT2D eigenvalue weighted by atomic mass is 35.5. The summed E-state index contributed by atoms with van der Waals surface area (Å²) >= 11 is 6.01. The molecular weight excluding hydrogens is 298 g/mol. The Morgan fingerprint density at radius 1 is 1.00 bits per heavy atom. The van der Waals surface area contributed by atoms with Crippen molar-refractivity contribution in [1.82, 2.24) is 19.7 Å². The van der Waals surface area contributed by atoms with Crippen LogP contribution in [0.3, 0.4) is 0 Å². The van der Waals surface area contributed by atoms with Gasteiger partial charge in [0.25, 0.3) is 5.95 Å². The van der Waals surface area contributed by atoms with E-state index >= 15 is 0 Å². The quantitative estimate of drug-likeness (QED) is 0.794. The molecule has 2 heterocycles. The van der Waals surface area contributed by atoms with Crippen molar-refractivity contribution in [3.63, 3.8) is 0 Å². The van der Waals surface area contributed by atoms with Crippen molar-refractivity contribution in [3.05, 3.63) is 58.5 Å². The largest absolute Gasteiger partial charge is 0.340 e. The van der Waals surface area contributed by atoms with E-state index in [1.165, 1.54) is 0 Å². The molecule has 0 aliphatic carbocycles. The van der Waals surface area contributed by atoms with Crippen LogP contribution in [0.25, 0.3) is 5.95 Å². The summed E-state index contributed by atoms with van der Waals surface area (Å²) in [5.74, 6) is 1.26. The van der Waals surface area contributed by atoms with E-state index in [0.29, 0.717) is 16.8 Å². The second kappa shape index (κ2) is 5.77. The Bertz CT molecular complexity index is 825. The van der Waals surface area contributed by atoms with Gasteiger partial charge in [0.1, 0.15) is 5.82 Å². The van der Waals surface area contributed by atoms with Gasteiger partial charge in [-0.1, -0.05) is 17.7 Å². The Morgan fingerprint density at radius 2 is 1.82 bits per heavy atom. The van der Waals surface area contributed by atoms with Crippen LogP contribution in [0, 0.1) is 20.8 Å². The van der Waals surface area contributed by atoms with Gasteiger partial charge >= 0.3 is 0 Å². The van der Waals surface area contributed by atoms with Gasteiger partial charge in [-0.25, -0.2) is 9.67 Å². The predicted molar refractivity (Wildman–Crippen MR) is 88.1 cm³/mol. The van der Waals surface area contributed by atoms with Crippen molar-refractivity contribution in [3.8, 4) is 5.95 Å². The fourth-order valence-electron chi connectivity index (χ4n) is 2.26. The van der Waals surface area contributed by atoms with E-state index in [9.17, 15) is 0 Å². The zero-order valence-electron chi connectivity index (χ0n) is 12.6. The molecule has 0 saturated carbocycles. The predicted octanol–water partition coefficient (Wildman–Crippen LogP) is 3.98. The van der Waals surface area contributed by atoms with E-state index in [1.54, 1.807) is 4.68 Å². The minimum absolute atomic E-state index is 0.551. The number of aromatic nitrogens is 4. The van der Waals surface area contributed by atoms with Crippen molar-refractivity contribution in [2.45, 2.75) is 20.8 Å². The number of benzene rings is 1. The zero-order valence-corrected chi connectivity index (χ0v) is 13.4. The molecule has 3 rings (SSSR count). The summed E-state index contributed by atoms with van der Waals surface area (Å²) < 4.78 is 1.74. The molecule has 22 heavy (non-hydrogen) atoms. The van der Waals surface area contributed by atoms with E-state index in [1.807, 2.05) is 57.2 Å². The van der Waals surface area contributed by atoms with E-state index in [2.05, 4.69) is 20.4 Å². The van der Waals surface area contributed by atoms with Crippen LogP contribution in [-0.4, -0.2) is 19.7 Å². The summed E-state index contributed by atoms with van der Waals surface area (Å²) in [5, 5.41) is 8.35. The summed E-state index contributed by atoms with van der Waals surface area (Å²) in [4.78, 5) is 9.00. The first-order valence-corrected chi connectivity index (χ1v) is 7.31. The molecule has 0 aliphatic rings. The number of hydrogen-bond acceptors (Lipinski definition) is 4. The topological polar surface area (TPSA) is 55.6 Å². The summed E-state index contributed by atoms with van der Waals surface area (Å²) in [6.45, 7) is 5.86. The molecule has 6 heteroatoms. The van der Waals surface area contributed by atoms with Gasteiger partial charge in [0.2, 0.25) is 0 Å². The zero-order chi connectivity index (χ0) is 15.7. The molecule has 0 amide bonds. The number of rotatable bonds is 3. The lowest BCUT2D eigenvalue weighted by Crippen LogP contribution is -2.08. The molecule has 0 radical (unpaired) electrons. The molecule has 0 aliphatic heterocycles. The molecule has 0 unspecified atom stereocenters. The molecule has 112 valence electrons. The average molecular weight is 314 g/mol. The Kier molecular flexibility index (Phi) is 3.81. The number of hydrogen-bond donors (Lipinski definition) is 1. The fourth-order valence-corrected chi connectivity index (χ4v) is 2.45. The molecule has 0 bridgehead atoms. The smallest absolute Gasteiger partial charge is 0.252 e. The van der Waals surface area contributed by atoms with Crippen LogP contribution in [0.5, 0.6) is 0 Å². The summed E-state index contributed by atoms with van der Waals surface area (Å²) in [6.07, 6.45) is 0. The molecule has 5 nitrogen and oxygen atoms in total. The molecule has 2 aromatic heterocycles. The first kappa shape index (κ1) is 14.5. The molecule has 0 saturated heterocycles. The summed E-state index contributed by atoms with van der Waals surface area (Å²) in [5.41, 5.74) is 3.68. The van der Waals surface area contributed by atoms with Crippen LogP contribution in [0.1, 0.15) is 17.1 Å². The van der Waals surface area contributed by atoms with E-state index in [4.69, 9.17) is 11.6 Å². The minimum atomic E-state index is 0.551. The first-order chi connectivity index (χ1) is 10.5. The standard InChI is InChI=1S/C16H16ClN5/c1-10-8-15(19-14-6-4-5-13(17)9-14)20-16(18-10)22-12(3)7-11(2)21-22/h4-9H,1-3H3,(H,18,19,20). The number of halogens is 1. The van der Waals surface area contributed by atoms with Crippen molar-refractivity contribution < 1.29 is 0 Å². The molecule has 0 spiro atoms. The first-order valence-electron chi connectivity index (χ1n) is 6.93. The van der Waals surface area contributed by atoms with Gasteiger partial charge in [0, 0.05) is 28.2 Å². The lowest BCUT2D eigenvalue weighted by atomic mass is 10.3. The van der Waals surface area contributed by atoms with Gasteiger partial charge in [0.05, 0.1) is 5.69 Å². The second-order valence-electron chi connectivity index (χ2n) is 5.17. The van der Waals surface area contributed by atoms with Crippen LogP contribution in [0.15, 0.2) is 36.4 Å². The monoisotopic (exact) mass is 313 g/mol. The van der Waals surface area contributed by atoms with Gasteiger partial charge in [0.15, 0.2) is 0 Å². The fraction of sp³-hybridized carbons (Fsp3) is 0.188. The normalized spacial score (nSPS) is 10.7. The third-order valence-electron chi connectivity index (χ3n) is 3.14. The average Bonchev–Trinajstić information content (AvgIpc) is 2.77. The molecule has 0 atom stereocenters. The Hall–Kier alpha value is -2.40. The maximum absolute atomic E-state index is 6.01. The molecule has 0 fully saturated rings. The van der Waals surface area contributed by atoms with E-state index in [0.717, 1.165) is 22.8 Å². The summed E-state index contributed by atoms with van der Waals surface area (Å²) in [7, 11) is 0. The highest BCUT2D eigenvalue weighted by Crippen LogP contribution is 2.20. The van der Waals surface area contributed by atoms with Crippen molar-refractivity contribution in [2.24, 2.45) is 0 Å². The van der Waals surface area contributed by atoms with Crippen molar-refractivity contribution >= 4 is 23.1 Å². The van der Waals surface area contributed by atoms with E-state index < -0.39 is 0 Å². The second-order valence-corrected chi connectivity index (χ2v) is 5.61. The van der Waals surface area contributed by atoms with Crippen LogP contribution in [0.4, 0.5) is 11.5 Å². The lowest BCUT2D eigenvalue weighted by molar-refractivity contribution is 0.770. The maximum Gasteiger partial charge on any atom is 0.252 e. The number of aryl methyl sites for hydroxylation is 3. The Morgan fingerprint density at radius 3 is 2.50 bits per heavy atom. The third kappa shape index (κ3) is 3.09. The van der Waals surface area contributed by atoms with Crippen molar-refractivity contribution in [2.75, 3.05) is 5.32 Å². The van der Waals surface area contributed by atoms with Gasteiger partial charge < -0.3 is 5.32 Å². The highest BCUT2D eigenvalue weighted by molar-refractivity contribution is 6.30. The van der Waals surface area contributed by atoms with Gasteiger partial charge in [-0.3, -0.25) is 0 Å². The molecule has 1 N–H and O–H groups in total. The van der Waals surface area contributed by atoms with Crippen molar-refractivity contribution in [1.29, 1.82) is 0 Å². The van der Waals surface area contributed by atoms with Gasteiger partial charge in [-0.15, -0.1) is 0 Å². The highest BCUT2D eigenvalue weighted by Gasteiger charge is 2.09. The lowest BCUT2D eigenvalue weighted by Gasteiger charge is -2.09. The third-order valence-corrected chi connectivity index (χ3v) is 3.37. The maximum atomic E-state index is 6.01. The van der Waals surface area contributed by atoms with Crippen LogP contribution < -0.4 is 5.32 Å². The van der Waals surface area contributed by atoms with Crippen LogP contribution >= 0.6 is 11.6 Å². The van der Waals surface area contributed by atoms with Gasteiger partial charge in [-0.05, 0) is 45.0 Å². The molecule has 3 aromatic rings. The SMILES string of the molecule is Cc1cc(Nc2cccc(Cl)c2)nc(-n2nc(C)cc2C)n1. The number of anilines is 2. The van der Waals surface area contributed by atoms with Gasteiger partial charge in [-0.2, -0.15) is 10.1 Å². The van der Waals surface area contributed by atoms with Crippen LogP contribution in [0.2, 0.25) is 5.02 Å². The summed E-state index contributed by atoms with van der Waals surface area (Å²) in [6, 6.07) is 11.4. The molecular formula is C16H16ClN5. The van der Waals surface area contributed by atoms with E-state index in [-0.39, 0.29) is 0 Å². The molecule has 1 aromatic carbocycles. The minimum Gasteiger partial charge on any atom is -0.340 e. The number of nitrogens with one attached hydrogen (secondary N) is 1. The Labute approximate surface area is 134 Å². The number of nitrogens with zero attached hydrogens (tertiary/aromatic N) is 4. The Balaban J connectivity index is 1.98.